The molecular formula is C19H34N6S. The van der Waals surface area contributed by atoms with Gasteiger partial charge in [-0.3, -0.25) is 14.6 Å². The van der Waals surface area contributed by atoms with E-state index in [1.54, 1.807) is 0 Å². The first kappa shape index (κ1) is 19.5. The van der Waals surface area contributed by atoms with E-state index in [0.29, 0.717) is 5.54 Å². The summed E-state index contributed by atoms with van der Waals surface area (Å²) in [7, 11) is 3.86. The van der Waals surface area contributed by atoms with Crippen LogP contribution in [-0.2, 0) is 13.6 Å². The Morgan fingerprint density at radius 1 is 1.19 bits per heavy atom. The number of nitrogens with one attached hydrogen (secondary N) is 2. The van der Waals surface area contributed by atoms with E-state index in [0.717, 1.165) is 24.7 Å². The van der Waals surface area contributed by atoms with Crippen molar-refractivity contribution in [2.24, 2.45) is 12.0 Å². The molecule has 0 unspecified atom stereocenters. The number of rotatable bonds is 5. The Labute approximate surface area is 162 Å². The third-order valence-electron chi connectivity index (χ3n) is 6.12. The van der Waals surface area contributed by atoms with Gasteiger partial charge in [0.25, 0.3) is 0 Å². The molecule has 7 heteroatoms. The van der Waals surface area contributed by atoms with Crippen LogP contribution in [0.2, 0.25) is 0 Å². The fourth-order valence-corrected chi connectivity index (χ4v) is 5.29. The Hall–Kier alpha value is -1.21. The third kappa shape index (κ3) is 4.19. The molecule has 1 aromatic rings. The van der Waals surface area contributed by atoms with Crippen LogP contribution in [0.5, 0.6) is 0 Å². The maximum absolute atomic E-state index is 4.50. The Morgan fingerprint density at radius 2 is 1.88 bits per heavy atom. The van der Waals surface area contributed by atoms with Crippen molar-refractivity contribution in [3.8, 4) is 0 Å². The quantitative estimate of drug-likeness (QED) is 0.607. The minimum Gasteiger partial charge on any atom is -0.355 e. The molecule has 6 nitrogen and oxygen atoms in total. The van der Waals surface area contributed by atoms with Crippen molar-refractivity contribution in [1.82, 2.24) is 25.3 Å². The highest BCUT2D eigenvalue weighted by Gasteiger charge is 2.39. The van der Waals surface area contributed by atoms with Crippen molar-refractivity contribution in [3.05, 3.63) is 17.0 Å². The largest absolute Gasteiger partial charge is 0.355 e. The van der Waals surface area contributed by atoms with Crippen LogP contribution in [0, 0.1) is 13.8 Å². The van der Waals surface area contributed by atoms with Crippen molar-refractivity contribution in [1.29, 1.82) is 0 Å². The molecule has 1 aliphatic carbocycles. The van der Waals surface area contributed by atoms with Crippen molar-refractivity contribution in [2.75, 3.05) is 38.2 Å². The van der Waals surface area contributed by atoms with Crippen molar-refractivity contribution < 1.29 is 0 Å². The zero-order chi connectivity index (χ0) is 18.6. The standard InChI is InChI=1S/C19H34N6S/c1-15-17(16(2)24(4)23-15)13-21-18(20-3)22-14-19(7-5-6-8-19)25-9-11-26-12-10-25/h5-14H2,1-4H3,(H2,20,21,22). The van der Waals surface area contributed by atoms with E-state index in [9.17, 15) is 0 Å². The summed E-state index contributed by atoms with van der Waals surface area (Å²) in [5.41, 5.74) is 3.88. The topological polar surface area (TPSA) is 57.5 Å². The molecule has 26 heavy (non-hydrogen) atoms. The van der Waals surface area contributed by atoms with Gasteiger partial charge in [0.15, 0.2) is 5.96 Å². The van der Waals surface area contributed by atoms with Gasteiger partial charge >= 0.3 is 0 Å². The van der Waals surface area contributed by atoms with Crippen LogP contribution in [-0.4, -0.2) is 64.4 Å². The van der Waals surface area contributed by atoms with Crippen molar-refractivity contribution in [2.45, 2.75) is 51.6 Å². The van der Waals surface area contributed by atoms with Gasteiger partial charge in [-0.05, 0) is 26.7 Å². The molecule has 146 valence electrons. The maximum Gasteiger partial charge on any atom is 0.191 e. The van der Waals surface area contributed by atoms with Gasteiger partial charge in [-0.1, -0.05) is 12.8 Å². The molecule has 0 radical (unpaired) electrons. The minimum atomic E-state index is 0.318. The van der Waals surface area contributed by atoms with E-state index in [1.807, 2.05) is 18.8 Å². The summed E-state index contributed by atoms with van der Waals surface area (Å²) >= 11 is 2.09. The summed E-state index contributed by atoms with van der Waals surface area (Å²) in [5, 5.41) is 11.6. The molecule has 2 fully saturated rings. The summed E-state index contributed by atoms with van der Waals surface area (Å²) in [5.74, 6) is 3.44. The molecule has 3 rings (SSSR count). The highest BCUT2D eigenvalue weighted by atomic mass is 32.2. The summed E-state index contributed by atoms with van der Waals surface area (Å²) < 4.78 is 1.95. The Balaban J connectivity index is 1.59. The van der Waals surface area contributed by atoms with E-state index in [2.05, 4.69) is 51.2 Å². The number of aryl methyl sites for hydroxylation is 2. The predicted octanol–water partition coefficient (Wildman–Crippen LogP) is 2.06. The molecule has 0 bridgehead atoms. The first-order chi connectivity index (χ1) is 12.6. The number of thioether (sulfide) groups is 1. The van der Waals surface area contributed by atoms with Crippen LogP contribution >= 0.6 is 11.8 Å². The second-order valence-corrected chi connectivity index (χ2v) is 8.81. The molecule has 0 spiro atoms. The van der Waals surface area contributed by atoms with Gasteiger partial charge < -0.3 is 10.6 Å². The van der Waals surface area contributed by atoms with Gasteiger partial charge in [-0.25, -0.2) is 0 Å². The first-order valence-electron chi connectivity index (χ1n) is 9.82. The molecule has 1 saturated heterocycles. The van der Waals surface area contributed by atoms with E-state index in [-0.39, 0.29) is 0 Å². The van der Waals surface area contributed by atoms with Crippen molar-refractivity contribution in [3.63, 3.8) is 0 Å². The summed E-state index contributed by atoms with van der Waals surface area (Å²) in [6.07, 6.45) is 5.32. The monoisotopic (exact) mass is 378 g/mol. The molecular weight excluding hydrogens is 344 g/mol. The van der Waals surface area contributed by atoms with Crippen LogP contribution in [0.25, 0.3) is 0 Å². The van der Waals surface area contributed by atoms with Crippen LogP contribution in [0.15, 0.2) is 4.99 Å². The minimum absolute atomic E-state index is 0.318. The zero-order valence-electron chi connectivity index (χ0n) is 16.8. The Bertz CT molecular complexity index is 626. The zero-order valence-corrected chi connectivity index (χ0v) is 17.6. The number of aromatic nitrogens is 2. The van der Waals surface area contributed by atoms with Gasteiger partial charge in [0.05, 0.1) is 5.69 Å². The number of guanidine groups is 1. The fraction of sp³-hybridized carbons (Fsp3) is 0.789. The Morgan fingerprint density at radius 3 is 2.46 bits per heavy atom. The Kier molecular flexibility index (Phi) is 6.51. The lowest BCUT2D eigenvalue weighted by Gasteiger charge is -2.43. The highest BCUT2D eigenvalue weighted by molar-refractivity contribution is 7.99. The fourth-order valence-electron chi connectivity index (χ4n) is 4.39. The second kappa shape index (κ2) is 8.65. The highest BCUT2D eigenvalue weighted by Crippen LogP contribution is 2.36. The van der Waals surface area contributed by atoms with Crippen LogP contribution < -0.4 is 10.6 Å². The van der Waals surface area contributed by atoms with E-state index < -0.39 is 0 Å². The molecule has 0 aromatic carbocycles. The van der Waals surface area contributed by atoms with E-state index in [4.69, 9.17) is 0 Å². The number of aliphatic imine (C=N–C) groups is 1. The second-order valence-electron chi connectivity index (χ2n) is 7.58. The average molecular weight is 379 g/mol. The van der Waals surface area contributed by atoms with Crippen molar-refractivity contribution >= 4 is 17.7 Å². The molecule has 1 aromatic heterocycles. The molecule has 0 amide bonds. The first-order valence-corrected chi connectivity index (χ1v) is 11.0. The number of nitrogens with zero attached hydrogens (tertiary/aromatic N) is 4. The predicted molar refractivity (Wildman–Crippen MR) is 111 cm³/mol. The third-order valence-corrected chi connectivity index (χ3v) is 7.06. The molecule has 1 saturated carbocycles. The van der Waals surface area contributed by atoms with Gasteiger partial charge in [-0.15, -0.1) is 0 Å². The van der Waals surface area contributed by atoms with Gasteiger partial charge in [0.2, 0.25) is 0 Å². The lowest BCUT2D eigenvalue weighted by molar-refractivity contribution is 0.107. The SMILES string of the molecule is CN=C(NCc1c(C)nn(C)c1C)NCC1(N2CCSCC2)CCCC1. The number of hydrogen-bond donors (Lipinski definition) is 2. The number of hydrogen-bond acceptors (Lipinski definition) is 4. The van der Waals surface area contributed by atoms with E-state index in [1.165, 1.54) is 61.5 Å². The molecule has 2 aliphatic rings. The van der Waals surface area contributed by atoms with Crippen LogP contribution in [0.3, 0.4) is 0 Å². The smallest absolute Gasteiger partial charge is 0.191 e. The summed E-state index contributed by atoms with van der Waals surface area (Å²) in [6.45, 7) is 8.40. The summed E-state index contributed by atoms with van der Waals surface area (Å²) in [4.78, 5) is 7.19. The van der Waals surface area contributed by atoms with Gasteiger partial charge in [0, 0.05) is 68.6 Å². The molecule has 0 atom stereocenters. The molecule has 1 aliphatic heterocycles. The van der Waals surface area contributed by atoms with E-state index >= 15 is 0 Å². The van der Waals surface area contributed by atoms with Gasteiger partial charge in [0.1, 0.15) is 0 Å². The summed E-state index contributed by atoms with van der Waals surface area (Å²) in [6, 6.07) is 0. The average Bonchev–Trinajstić information content (AvgIpc) is 3.23. The molecule has 2 heterocycles. The van der Waals surface area contributed by atoms with Crippen LogP contribution in [0.1, 0.15) is 42.6 Å². The maximum atomic E-state index is 4.50. The lowest BCUT2D eigenvalue weighted by Crippen LogP contribution is -2.57. The molecule has 2 N–H and O–H groups in total. The lowest BCUT2D eigenvalue weighted by atomic mass is 9.94. The van der Waals surface area contributed by atoms with Gasteiger partial charge in [-0.2, -0.15) is 16.9 Å². The normalized spacial score (nSPS) is 21.2. The van der Waals surface area contributed by atoms with Crippen LogP contribution in [0.4, 0.5) is 0 Å².